The highest BCUT2D eigenvalue weighted by molar-refractivity contribution is 6.30. The molecule has 176 valence electrons. The van der Waals surface area contributed by atoms with Crippen LogP contribution in [-0.4, -0.2) is 42.9 Å². The van der Waals surface area contributed by atoms with Gasteiger partial charge in [-0.05, 0) is 66.1 Å². The first kappa shape index (κ1) is 22.8. The second-order valence-corrected chi connectivity index (χ2v) is 9.36. The number of hydrogen-bond acceptors (Lipinski definition) is 4. The smallest absolute Gasteiger partial charge is 0.150 e. The van der Waals surface area contributed by atoms with Gasteiger partial charge in [0.05, 0.1) is 6.67 Å². The molecular formula is C28H27ClFNO3. The molecule has 0 aromatic heterocycles. The fourth-order valence-corrected chi connectivity index (χ4v) is 4.88. The summed E-state index contributed by atoms with van der Waals surface area (Å²) in [5, 5.41) is 10.7. The van der Waals surface area contributed by atoms with E-state index in [1.807, 2.05) is 55.5 Å². The Bertz CT molecular complexity index is 1200. The molecule has 5 rings (SSSR count). The zero-order valence-electron chi connectivity index (χ0n) is 19.0. The normalized spacial score (nSPS) is 18.3. The van der Waals surface area contributed by atoms with Gasteiger partial charge in [0.15, 0.2) is 0 Å². The minimum atomic E-state index is -0.330. The summed E-state index contributed by atoms with van der Waals surface area (Å²) in [6, 6.07) is 20.9. The average molecular weight is 480 g/mol. The number of halogens is 2. The summed E-state index contributed by atoms with van der Waals surface area (Å²) < 4.78 is 24.9. The quantitative estimate of drug-likeness (QED) is 0.426. The van der Waals surface area contributed by atoms with E-state index in [4.69, 9.17) is 21.1 Å². The van der Waals surface area contributed by atoms with Gasteiger partial charge in [-0.25, -0.2) is 0 Å². The van der Waals surface area contributed by atoms with Crippen LogP contribution in [0.2, 0.25) is 5.02 Å². The fraction of sp³-hybridized carbons (Fsp3) is 0.286. The van der Waals surface area contributed by atoms with Crippen molar-refractivity contribution in [2.45, 2.75) is 13.0 Å². The Hall–Kier alpha value is -3.02. The molecule has 3 aromatic carbocycles. The van der Waals surface area contributed by atoms with Crippen molar-refractivity contribution >= 4 is 22.7 Å². The third-order valence-electron chi connectivity index (χ3n) is 6.52. The van der Waals surface area contributed by atoms with Gasteiger partial charge in [-0.2, -0.15) is 0 Å². The largest absolute Gasteiger partial charge is 0.508 e. The zero-order chi connectivity index (χ0) is 23.7. The van der Waals surface area contributed by atoms with Crippen LogP contribution in [-0.2, 0) is 0 Å². The lowest BCUT2D eigenvalue weighted by Crippen LogP contribution is -2.49. The molecule has 1 unspecified atom stereocenters. The molecule has 2 aliphatic rings. The predicted octanol–water partition coefficient (Wildman–Crippen LogP) is 6.39. The van der Waals surface area contributed by atoms with Crippen molar-refractivity contribution in [2.75, 3.05) is 32.9 Å². The monoisotopic (exact) mass is 479 g/mol. The lowest BCUT2D eigenvalue weighted by atomic mass is 9.86. The number of nitrogens with zero attached hydrogens (tertiary/aromatic N) is 1. The number of phenols is 1. The second-order valence-electron chi connectivity index (χ2n) is 8.92. The summed E-state index contributed by atoms with van der Waals surface area (Å²) >= 11 is 6.31. The van der Waals surface area contributed by atoms with E-state index in [0.717, 1.165) is 59.0 Å². The molecule has 0 bridgehead atoms. The molecule has 0 aliphatic carbocycles. The SMILES string of the molecule is CC1=C(c2cccc(Cl)c2)C(c2ccc(OCCN3CC(CF)C3)cc2)Oc2ccc(O)cc21. The van der Waals surface area contributed by atoms with E-state index in [2.05, 4.69) is 4.90 Å². The van der Waals surface area contributed by atoms with Gasteiger partial charge < -0.3 is 14.6 Å². The molecule has 0 spiro atoms. The molecule has 1 saturated heterocycles. The van der Waals surface area contributed by atoms with Crippen LogP contribution in [0, 0.1) is 5.92 Å². The highest BCUT2D eigenvalue weighted by atomic mass is 35.5. The molecule has 0 amide bonds. The highest BCUT2D eigenvalue weighted by Gasteiger charge is 2.30. The second kappa shape index (κ2) is 9.69. The van der Waals surface area contributed by atoms with Gasteiger partial charge in [-0.1, -0.05) is 35.9 Å². The van der Waals surface area contributed by atoms with Crippen LogP contribution in [0.15, 0.2) is 66.7 Å². The van der Waals surface area contributed by atoms with E-state index < -0.39 is 0 Å². The van der Waals surface area contributed by atoms with Gasteiger partial charge in [0.25, 0.3) is 0 Å². The van der Waals surface area contributed by atoms with Crippen LogP contribution in [0.25, 0.3) is 11.1 Å². The van der Waals surface area contributed by atoms with Crippen molar-refractivity contribution < 1.29 is 19.0 Å². The Kier molecular flexibility index (Phi) is 6.48. The lowest BCUT2D eigenvalue weighted by Gasteiger charge is -2.37. The molecule has 1 atom stereocenters. The van der Waals surface area contributed by atoms with Crippen LogP contribution >= 0.6 is 11.6 Å². The number of rotatable bonds is 7. The number of phenolic OH excluding ortho intramolecular Hbond substituents is 1. The summed E-state index contributed by atoms with van der Waals surface area (Å²) in [4.78, 5) is 2.20. The van der Waals surface area contributed by atoms with Crippen LogP contribution in [0.5, 0.6) is 17.2 Å². The number of allylic oxidation sites excluding steroid dienone is 1. The number of fused-ring (bicyclic) bond motifs is 1. The summed E-state index contributed by atoms with van der Waals surface area (Å²) in [6.45, 7) is 4.81. The van der Waals surface area contributed by atoms with Gasteiger partial charge in [-0.15, -0.1) is 0 Å². The first-order valence-corrected chi connectivity index (χ1v) is 11.9. The Morgan fingerprint density at radius 1 is 1.09 bits per heavy atom. The number of likely N-dealkylation sites (tertiary alicyclic amines) is 1. The van der Waals surface area contributed by atoms with Crippen molar-refractivity contribution in [3.05, 3.63) is 88.4 Å². The summed E-state index contributed by atoms with van der Waals surface area (Å²) in [6.07, 6.45) is -0.330. The molecule has 2 aliphatic heterocycles. The minimum Gasteiger partial charge on any atom is -0.508 e. The maximum absolute atomic E-state index is 12.6. The van der Waals surface area contributed by atoms with Crippen molar-refractivity contribution in [2.24, 2.45) is 5.92 Å². The Labute approximate surface area is 204 Å². The molecule has 1 N–H and O–H groups in total. The van der Waals surface area contributed by atoms with Gasteiger partial charge >= 0.3 is 0 Å². The maximum atomic E-state index is 12.6. The van der Waals surface area contributed by atoms with Gasteiger partial charge in [0.1, 0.15) is 30.0 Å². The van der Waals surface area contributed by atoms with E-state index in [9.17, 15) is 9.50 Å². The van der Waals surface area contributed by atoms with Crippen molar-refractivity contribution in [1.29, 1.82) is 0 Å². The van der Waals surface area contributed by atoms with E-state index in [-0.39, 0.29) is 24.4 Å². The number of alkyl halides is 1. The Balaban J connectivity index is 1.38. The molecule has 0 radical (unpaired) electrons. The standard InChI is InChI=1S/C28H27ClFNO3/c1-18-25-14-23(32)7-10-26(25)34-28(27(18)21-3-2-4-22(29)13-21)20-5-8-24(9-6-20)33-12-11-31-16-19(15-30)17-31/h2-10,13-14,19,28,32H,11-12,15-17H2,1H3. The van der Waals surface area contributed by atoms with E-state index in [1.165, 1.54) is 0 Å². The molecule has 34 heavy (non-hydrogen) atoms. The van der Waals surface area contributed by atoms with Gasteiger partial charge in [0, 0.05) is 41.7 Å². The Morgan fingerprint density at radius 2 is 1.88 bits per heavy atom. The van der Waals surface area contributed by atoms with E-state index in [1.54, 1.807) is 18.2 Å². The first-order valence-electron chi connectivity index (χ1n) is 11.5. The molecule has 1 fully saturated rings. The maximum Gasteiger partial charge on any atom is 0.150 e. The average Bonchev–Trinajstić information content (AvgIpc) is 2.81. The van der Waals surface area contributed by atoms with Gasteiger partial charge in [-0.3, -0.25) is 9.29 Å². The van der Waals surface area contributed by atoms with Crippen molar-refractivity contribution in [3.63, 3.8) is 0 Å². The molecule has 2 heterocycles. The molecule has 3 aromatic rings. The van der Waals surface area contributed by atoms with Crippen molar-refractivity contribution in [1.82, 2.24) is 4.90 Å². The topological polar surface area (TPSA) is 41.9 Å². The summed E-state index contributed by atoms with van der Waals surface area (Å²) in [7, 11) is 0. The lowest BCUT2D eigenvalue weighted by molar-refractivity contribution is 0.0668. The number of aromatic hydroxyl groups is 1. The van der Waals surface area contributed by atoms with Crippen LogP contribution in [0.3, 0.4) is 0 Å². The third-order valence-corrected chi connectivity index (χ3v) is 6.76. The van der Waals surface area contributed by atoms with Crippen molar-refractivity contribution in [3.8, 4) is 17.2 Å². The number of benzene rings is 3. The molecular weight excluding hydrogens is 453 g/mol. The van der Waals surface area contributed by atoms with Crippen LogP contribution in [0.4, 0.5) is 4.39 Å². The first-order chi connectivity index (χ1) is 16.5. The highest BCUT2D eigenvalue weighted by Crippen LogP contribution is 2.47. The number of ether oxygens (including phenoxy) is 2. The summed E-state index contributed by atoms with van der Waals surface area (Å²) in [5.41, 5.74) is 4.88. The molecule has 6 heteroatoms. The molecule has 4 nitrogen and oxygen atoms in total. The Morgan fingerprint density at radius 3 is 2.62 bits per heavy atom. The molecule has 0 saturated carbocycles. The van der Waals surface area contributed by atoms with Crippen LogP contribution < -0.4 is 9.47 Å². The third kappa shape index (κ3) is 4.63. The summed E-state index contributed by atoms with van der Waals surface area (Å²) in [5.74, 6) is 1.91. The minimum absolute atomic E-state index is 0.189. The van der Waals surface area contributed by atoms with Gasteiger partial charge in [0.2, 0.25) is 0 Å². The van der Waals surface area contributed by atoms with E-state index >= 15 is 0 Å². The zero-order valence-corrected chi connectivity index (χ0v) is 19.8. The fourth-order valence-electron chi connectivity index (χ4n) is 4.69. The number of hydrogen-bond donors (Lipinski definition) is 1. The van der Waals surface area contributed by atoms with E-state index in [0.29, 0.717) is 11.6 Å². The predicted molar refractivity (Wildman–Crippen MR) is 133 cm³/mol. The van der Waals surface area contributed by atoms with Crippen LogP contribution in [0.1, 0.15) is 29.7 Å².